The van der Waals surface area contributed by atoms with Gasteiger partial charge in [-0.2, -0.15) is 0 Å². The molecule has 4 rings (SSSR count). The molecule has 0 atom stereocenters. The summed E-state index contributed by atoms with van der Waals surface area (Å²) in [5, 5.41) is 0.731. The number of piperazine rings is 1. The van der Waals surface area contributed by atoms with Gasteiger partial charge in [0.15, 0.2) is 0 Å². The zero-order chi connectivity index (χ0) is 21.1. The summed E-state index contributed by atoms with van der Waals surface area (Å²) in [4.78, 5) is 31.8. The third-order valence-corrected chi connectivity index (χ3v) is 6.81. The molecule has 0 N–H and O–H groups in total. The van der Waals surface area contributed by atoms with E-state index in [9.17, 15) is 9.59 Å². The smallest absolute Gasteiger partial charge is 0.233 e. The standard InChI is InChI=1S/C24H28ClN3O2/c1-19(29)26-13-11-24(12-14-26,20-5-3-2-4-6-20)23(30)28-17-15-27(16-18-28)22-9-7-21(25)8-10-22/h2-10H,11-18H2,1H3. The van der Waals surface area contributed by atoms with E-state index in [0.29, 0.717) is 39.0 Å². The van der Waals surface area contributed by atoms with Crippen molar-refractivity contribution < 1.29 is 9.59 Å². The molecule has 2 amide bonds. The molecule has 0 spiro atoms. The van der Waals surface area contributed by atoms with Gasteiger partial charge in [-0.3, -0.25) is 9.59 Å². The molecule has 2 heterocycles. The molecule has 2 aromatic carbocycles. The van der Waals surface area contributed by atoms with Crippen molar-refractivity contribution in [2.45, 2.75) is 25.2 Å². The van der Waals surface area contributed by atoms with E-state index in [2.05, 4.69) is 17.0 Å². The fourth-order valence-electron chi connectivity index (χ4n) is 4.71. The summed E-state index contributed by atoms with van der Waals surface area (Å²) >= 11 is 6.01. The highest BCUT2D eigenvalue weighted by atomic mass is 35.5. The summed E-state index contributed by atoms with van der Waals surface area (Å²) in [6, 6.07) is 18.0. The molecule has 0 radical (unpaired) electrons. The average molecular weight is 426 g/mol. The van der Waals surface area contributed by atoms with Crippen LogP contribution in [0.25, 0.3) is 0 Å². The van der Waals surface area contributed by atoms with Crippen LogP contribution in [0.2, 0.25) is 5.02 Å². The summed E-state index contributed by atoms with van der Waals surface area (Å²) in [5.74, 6) is 0.286. The van der Waals surface area contributed by atoms with Gasteiger partial charge in [0, 0.05) is 56.9 Å². The fraction of sp³-hybridized carbons (Fsp3) is 0.417. The van der Waals surface area contributed by atoms with E-state index in [1.54, 1.807) is 6.92 Å². The number of carbonyl (C=O) groups excluding carboxylic acids is 2. The maximum atomic E-state index is 13.8. The van der Waals surface area contributed by atoms with Crippen molar-refractivity contribution in [1.82, 2.24) is 9.80 Å². The average Bonchev–Trinajstić information content (AvgIpc) is 2.80. The molecule has 2 aliphatic rings. The number of rotatable bonds is 3. The second-order valence-corrected chi connectivity index (χ2v) is 8.65. The van der Waals surface area contributed by atoms with Crippen LogP contribution in [-0.2, 0) is 15.0 Å². The first-order valence-corrected chi connectivity index (χ1v) is 11.0. The topological polar surface area (TPSA) is 43.9 Å². The summed E-state index contributed by atoms with van der Waals surface area (Å²) in [7, 11) is 0. The first kappa shape index (κ1) is 20.7. The van der Waals surface area contributed by atoms with E-state index >= 15 is 0 Å². The summed E-state index contributed by atoms with van der Waals surface area (Å²) in [6.45, 7) is 5.86. The van der Waals surface area contributed by atoms with Crippen molar-refractivity contribution >= 4 is 29.1 Å². The largest absolute Gasteiger partial charge is 0.368 e. The van der Waals surface area contributed by atoms with E-state index < -0.39 is 5.41 Å². The molecule has 30 heavy (non-hydrogen) atoms. The van der Waals surface area contributed by atoms with Crippen molar-refractivity contribution in [2.75, 3.05) is 44.2 Å². The maximum absolute atomic E-state index is 13.8. The van der Waals surface area contributed by atoms with Gasteiger partial charge in [0.05, 0.1) is 5.41 Å². The molecular formula is C24H28ClN3O2. The zero-order valence-electron chi connectivity index (χ0n) is 17.4. The Morgan fingerprint density at radius 2 is 1.40 bits per heavy atom. The molecule has 2 aliphatic heterocycles. The lowest BCUT2D eigenvalue weighted by Gasteiger charge is -2.45. The predicted octanol–water partition coefficient (Wildman–Crippen LogP) is 3.57. The van der Waals surface area contributed by atoms with Crippen molar-refractivity contribution in [1.29, 1.82) is 0 Å². The molecule has 2 aromatic rings. The van der Waals surface area contributed by atoms with Crippen molar-refractivity contribution in [3.63, 3.8) is 0 Å². The van der Waals surface area contributed by atoms with Crippen LogP contribution in [0.4, 0.5) is 5.69 Å². The van der Waals surface area contributed by atoms with Gasteiger partial charge >= 0.3 is 0 Å². The number of hydrogen-bond acceptors (Lipinski definition) is 3. The Bertz CT molecular complexity index is 884. The van der Waals surface area contributed by atoms with Crippen LogP contribution >= 0.6 is 11.6 Å². The van der Waals surface area contributed by atoms with Gasteiger partial charge < -0.3 is 14.7 Å². The van der Waals surface area contributed by atoms with Gasteiger partial charge in [-0.05, 0) is 42.7 Å². The Labute approximate surface area is 183 Å². The van der Waals surface area contributed by atoms with Gasteiger partial charge in [0.2, 0.25) is 11.8 Å². The number of likely N-dealkylation sites (tertiary alicyclic amines) is 1. The van der Waals surface area contributed by atoms with Gasteiger partial charge in [0.25, 0.3) is 0 Å². The Balaban J connectivity index is 1.50. The fourth-order valence-corrected chi connectivity index (χ4v) is 4.83. The molecule has 6 heteroatoms. The Hall–Kier alpha value is -2.53. The van der Waals surface area contributed by atoms with Gasteiger partial charge in [-0.25, -0.2) is 0 Å². The SMILES string of the molecule is CC(=O)N1CCC(C(=O)N2CCN(c3ccc(Cl)cc3)CC2)(c2ccccc2)CC1. The summed E-state index contributed by atoms with van der Waals surface area (Å²) in [6.07, 6.45) is 1.35. The molecule has 0 bridgehead atoms. The second kappa shape index (κ2) is 8.68. The van der Waals surface area contributed by atoms with Crippen molar-refractivity contribution in [3.8, 4) is 0 Å². The van der Waals surface area contributed by atoms with E-state index in [-0.39, 0.29) is 11.8 Å². The highest BCUT2D eigenvalue weighted by Crippen LogP contribution is 2.38. The lowest BCUT2D eigenvalue weighted by Crippen LogP contribution is -2.57. The lowest BCUT2D eigenvalue weighted by molar-refractivity contribution is -0.142. The van der Waals surface area contributed by atoms with Crippen LogP contribution in [0.5, 0.6) is 0 Å². The van der Waals surface area contributed by atoms with E-state index in [4.69, 9.17) is 11.6 Å². The minimum absolute atomic E-state index is 0.0840. The van der Waals surface area contributed by atoms with Gasteiger partial charge in [-0.15, -0.1) is 0 Å². The van der Waals surface area contributed by atoms with Crippen LogP contribution in [0.1, 0.15) is 25.3 Å². The van der Waals surface area contributed by atoms with Crippen molar-refractivity contribution in [3.05, 3.63) is 65.2 Å². The Morgan fingerprint density at radius 1 is 0.800 bits per heavy atom. The maximum Gasteiger partial charge on any atom is 0.233 e. The zero-order valence-corrected chi connectivity index (χ0v) is 18.1. The van der Waals surface area contributed by atoms with E-state index in [0.717, 1.165) is 29.4 Å². The molecule has 2 saturated heterocycles. The third-order valence-electron chi connectivity index (χ3n) is 6.56. The number of piperidine rings is 1. The predicted molar refractivity (Wildman–Crippen MR) is 120 cm³/mol. The molecule has 0 aliphatic carbocycles. The number of halogens is 1. The number of hydrogen-bond donors (Lipinski definition) is 0. The summed E-state index contributed by atoms with van der Waals surface area (Å²) in [5.41, 5.74) is 1.66. The number of amides is 2. The molecule has 0 aromatic heterocycles. The molecule has 0 saturated carbocycles. The van der Waals surface area contributed by atoms with Crippen LogP contribution in [0.3, 0.4) is 0 Å². The van der Waals surface area contributed by atoms with Gasteiger partial charge in [0.1, 0.15) is 0 Å². The Morgan fingerprint density at radius 3 is 1.97 bits per heavy atom. The lowest BCUT2D eigenvalue weighted by atomic mass is 9.71. The number of benzene rings is 2. The van der Waals surface area contributed by atoms with Gasteiger partial charge in [-0.1, -0.05) is 41.9 Å². The minimum atomic E-state index is -0.546. The molecule has 158 valence electrons. The minimum Gasteiger partial charge on any atom is -0.368 e. The second-order valence-electron chi connectivity index (χ2n) is 8.21. The first-order valence-electron chi connectivity index (χ1n) is 10.6. The molecular weight excluding hydrogens is 398 g/mol. The third kappa shape index (κ3) is 4.04. The van der Waals surface area contributed by atoms with E-state index in [1.165, 1.54) is 0 Å². The van der Waals surface area contributed by atoms with Crippen LogP contribution in [-0.4, -0.2) is 60.9 Å². The Kier molecular flexibility index (Phi) is 6.00. The molecule has 5 nitrogen and oxygen atoms in total. The van der Waals surface area contributed by atoms with Crippen LogP contribution in [0, 0.1) is 0 Å². The highest BCUT2D eigenvalue weighted by molar-refractivity contribution is 6.30. The first-order chi connectivity index (χ1) is 14.5. The number of carbonyl (C=O) groups is 2. The van der Waals surface area contributed by atoms with Crippen LogP contribution < -0.4 is 4.90 Å². The van der Waals surface area contributed by atoms with E-state index in [1.807, 2.05) is 52.3 Å². The summed E-state index contributed by atoms with van der Waals surface area (Å²) < 4.78 is 0. The van der Waals surface area contributed by atoms with Crippen LogP contribution in [0.15, 0.2) is 54.6 Å². The molecule has 0 unspecified atom stereocenters. The normalized spacial score (nSPS) is 18.9. The number of nitrogens with zero attached hydrogens (tertiary/aromatic N) is 3. The quantitative estimate of drug-likeness (QED) is 0.755. The monoisotopic (exact) mass is 425 g/mol. The molecule has 2 fully saturated rings. The number of anilines is 1. The highest BCUT2D eigenvalue weighted by Gasteiger charge is 2.45. The van der Waals surface area contributed by atoms with Crippen molar-refractivity contribution in [2.24, 2.45) is 0 Å².